The SMILES string of the molecule is COc1ccc(C(O)=C2C(=O)C(=O)N(Cc3ccncc3)[C@H]2c2ccc(O)cc2)cc1F. The smallest absolute Gasteiger partial charge is 0.295 e. The average Bonchev–Trinajstić information content (AvgIpc) is 3.04. The predicted molar refractivity (Wildman–Crippen MR) is 113 cm³/mol. The number of ketones is 1. The van der Waals surface area contributed by atoms with Crippen molar-refractivity contribution in [2.24, 2.45) is 0 Å². The number of hydrogen-bond donors (Lipinski definition) is 2. The van der Waals surface area contributed by atoms with Gasteiger partial charge in [0, 0.05) is 24.5 Å². The number of Topliss-reactive ketones (excluding diaryl/α,β-unsaturated/α-hetero) is 1. The zero-order valence-corrected chi connectivity index (χ0v) is 17.0. The van der Waals surface area contributed by atoms with Crippen molar-refractivity contribution in [3.05, 3.63) is 95.1 Å². The Kier molecular flexibility index (Phi) is 5.59. The Hall–Kier alpha value is -4.20. The van der Waals surface area contributed by atoms with Crippen molar-refractivity contribution in [2.75, 3.05) is 7.11 Å². The number of carbonyl (C=O) groups is 2. The Morgan fingerprint density at radius 3 is 2.41 bits per heavy atom. The molecule has 1 amide bonds. The van der Waals surface area contributed by atoms with Gasteiger partial charge in [0.2, 0.25) is 0 Å². The molecule has 0 saturated carbocycles. The molecule has 1 aliphatic heterocycles. The molecule has 0 radical (unpaired) electrons. The molecule has 1 aromatic heterocycles. The molecule has 2 heterocycles. The van der Waals surface area contributed by atoms with Crippen LogP contribution in [0.4, 0.5) is 4.39 Å². The highest BCUT2D eigenvalue weighted by Gasteiger charge is 2.46. The van der Waals surface area contributed by atoms with Gasteiger partial charge in [0.15, 0.2) is 11.6 Å². The Bertz CT molecular complexity index is 1210. The maximum Gasteiger partial charge on any atom is 0.295 e. The number of phenols is 1. The normalized spacial score (nSPS) is 17.6. The van der Waals surface area contributed by atoms with Crippen LogP contribution in [0.15, 0.2) is 72.6 Å². The Labute approximate surface area is 183 Å². The molecule has 1 saturated heterocycles. The fraction of sp³-hybridized carbons (Fsp3) is 0.125. The summed E-state index contributed by atoms with van der Waals surface area (Å²) in [6.45, 7) is 0.0897. The van der Waals surface area contributed by atoms with Crippen molar-refractivity contribution in [1.29, 1.82) is 0 Å². The maximum absolute atomic E-state index is 14.2. The molecule has 32 heavy (non-hydrogen) atoms. The van der Waals surface area contributed by atoms with Gasteiger partial charge >= 0.3 is 0 Å². The first-order chi connectivity index (χ1) is 15.4. The topological polar surface area (TPSA) is 100.0 Å². The van der Waals surface area contributed by atoms with Crippen molar-refractivity contribution in [1.82, 2.24) is 9.88 Å². The van der Waals surface area contributed by atoms with Crippen LogP contribution in [0.25, 0.3) is 5.76 Å². The lowest BCUT2D eigenvalue weighted by atomic mass is 9.95. The van der Waals surface area contributed by atoms with E-state index >= 15 is 0 Å². The van der Waals surface area contributed by atoms with Crippen LogP contribution in [0.2, 0.25) is 0 Å². The van der Waals surface area contributed by atoms with E-state index in [1.165, 1.54) is 36.3 Å². The first kappa shape index (κ1) is 21.0. The van der Waals surface area contributed by atoms with E-state index in [-0.39, 0.29) is 29.2 Å². The van der Waals surface area contributed by atoms with E-state index in [1.54, 1.807) is 36.7 Å². The van der Waals surface area contributed by atoms with Gasteiger partial charge in [-0.1, -0.05) is 12.1 Å². The fourth-order valence-electron chi connectivity index (χ4n) is 3.70. The van der Waals surface area contributed by atoms with Crippen molar-refractivity contribution in [2.45, 2.75) is 12.6 Å². The summed E-state index contributed by atoms with van der Waals surface area (Å²) < 4.78 is 19.1. The molecule has 8 heteroatoms. The second-order valence-electron chi connectivity index (χ2n) is 7.22. The summed E-state index contributed by atoms with van der Waals surface area (Å²) in [6.07, 6.45) is 3.14. The van der Waals surface area contributed by atoms with Gasteiger partial charge in [0.25, 0.3) is 11.7 Å². The highest BCUT2D eigenvalue weighted by molar-refractivity contribution is 6.46. The second-order valence-corrected chi connectivity index (χ2v) is 7.22. The molecule has 0 bridgehead atoms. The minimum atomic E-state index is -0.936. The average molecular weight is 434 g/mol. The number of amides is 1. The number of halogens is 1. The number of likely N-dealkylation sites (tertiary alicyclic amines) is 1. The highest BCUT2D eigenvalue weighted by Crippen LogP contribution is 2.41. The summed E-state index contributed by atoms with van der Waals surface area (Å²) >= 11 is 0. The van der Waals surface area contributed by atoms with E-state index in [9.17, 15) is 24.2 Å². The predicted octanol–water partition coefficient (Wildman–Crippen LogP) is 3.56. The summed E-state index contributed by atoms with van der Waals surface area (Å²) in [4.78, 5) is 31.2. The number of benzene rings is 2. The third-order valence-electron chi connectivity index (χ3n) is 5.28. The van der Waals surface area contributed by atoms with Crippen molar-refractivity contribution < 1.29 is 28.9 Å². The van der Waals surface area contributed by atoms with Gasteiger partial charge in [0.1, 0.15) is 11.5 Å². The number of hydrogen-bond acceptors (Lipinski definition) is 6. The lowest BCUT2D eigenvalue weighted by Crippen LogP contribution is -2.29. The highest BCUT2D eigenvalue weighted by atomic mass is 19.1. The zero-order valence-electron chi connectivity index (χ0n) is 17.0. The molecule has 3 aromatic rings. The number of carbonyl (C=O) groups excluding carboxylic acids is 2. The van der Waals surface area contributed by atoms with Gasteiger partial charge in [-0.15, -0.1) is 0 Å². The lowest BCUT2D eigenvalue weighted by Gasteiger charge is -2.25. The third-order valence-corrected chi connectivity index (χ3v) is 5.28. The monoisotopic (exact) mass is 434 g/mol. The van der Waals surface area contributed by atoms with Crippen molar-refractivity contribution in [3.63, 3.8) is 0 Å². The van der Waals surface area contributed by atoms with Crippen LogP contribution in [-0.4, -0.2) is 38.9 Å². The van der Waals surface area contributed by atoms with Gasteiger partial charge in [0.05, 0.1) is 18.7 Å². The molecule has 0 unspecified atom stereocenters. The summed E-state index contributed by atoms with van der Waals surface area (Å²) in [5.41, 5.74) is 1.11. The third kappa shape index (κ3) is 3.78. The molecular formula is C24H19FN2O5. The molecule has 4 rings (SSSR count). The Balaban J connectivity index is 1.86. The number of pyridine rings is 1. The van der Waals surface area contributed by atoms with Gasteiger partial charge < -0.3 is 19.8 Å². The largest absolute Gasteiger partial charge is 0.508 e. The zero-order chi connectivity index (χ0) is 22.8. The second kappa shape index (κ2) is 8.50. The number of nitrogens with zero attached hydrogens (tertiary/aromatic N) is 2. The summed E-state index contributed by atoms with van der Waals surface area (Å²) in [7, 11) is 1.31. The van der Waals surface area contributed by atoms with Crippen LogP contribution in [0.5, 0.6) is 11.5 Å². The number of aromatic nitrogens is 1. The van der Waals surface area contributed by atoms with Crippen LogP contribution < -0.4 is 4.74 Å². The van der Waals surface area contributed by atoms with Crippen molar-refractivity contribution in [3.8, 4) is 11.5 Å². The maximum atomic E-state index is 14.2. The van der Waals surface area contributed by atoms with E-state index in [2.05, 4.69) is 4.98 Å². The number of aliphatic hydroxyl groups excluding tert-OH is 1. The van der Waals surface area contributed by atoms with Crippen LogP contribution in [0.3, 0.4) is 0 Å². The summed E-state index contributed by atoms with van der Waals surface area (Å²) in [5, 5.41) is 20.6. The first-order valence-corrected chi connectivity index (χ1v) is 9.71. The molecule has 1 fully saturated rings. The molecule has 162 valence electrons. The molecule has 0 spiro atoms. The summed E-state index contributed by atoms with van der Waals surface area (Å²) in [5.74, 6) is -2.91. The van der Waals surface area contributed by atoms with E-state index in [1.807, 2.05) is 0 Å². The molecule has 2 N–H and O–H groups in total. The lowest BCUT2D eigenvalue weighted by molar-refractivity contribution is -0.140. The Morgan fingerprint density at radius 1 is 1.09 bits per heavy atom. The van der Waals surface area contributed by atoms with E-state index in [0.717, 1.165) is 11.6 Å². The fourth-order valence-corrected chi connectivity index (χ4v) is 3.70. The number of aliphatic hydroxyl groups is 1. The Morgan fingerprint density at radius 2 is 1.78 bits per heavy atom. The first-order valence-electron chi connectivity index (χ1n) is 9.71. The minimum Gasteiger partial charge on any atom is -0.508 e. The van der Waals surface area contributed by atoms with Crippen LogP contribution in [-0.2, 0) is 16.1 Å². The number of ether oxygens (including phenoxy) is 1. The number of methoxy groups -OCH3 is 1. The molecule has 2 aromatic carbocycles. The standard InChI is InChI=1S/C24H19FN2O5/c1-32-19-7-4-16(12-18(19)25)22(29)20-21(15-2-5-17(28)6-3-15)27(24(31)23(20)30)13-14-8-10-26-11-9-14/h2-12,21,28-29H,13H2,1H3/t21-/m0/s1. The minimum absolute atomic E-state index is 0.0112. The molecule has 1 aliphatic rings. The summed E-state index contributed by atoms with van der Waals surface area (Å²) in [6, 6.07) is 12.2. The molecular weight excluding hydrogens is 415 g/mol. The van der Waals surface area contributed by atoms with Crippen LogP contribution in [0, 0.1) is 5.82 Å². The van der Waals surface area contributed by atoms with Crippen LogP contribution in [0.1, 0.15) is 22.7 Å². The number of aromatic hydroxyl groups is 1. The number of rotatable bonds is 5. The molecule has 7 nitrogen and oxygen atoms in total. The quantitative estimate of drug-likeness (QED) is 0.362. The molecule has 1 atom stereocenters. The van der Waals surface area contributed by atoms with Gasteiger partial charge in [-0.05, 0) is 53.6 Å². The van der Waals surface area contributed by atoms with E-state index in [0.29, 0.717) is 5.56 Å². The number of phenolic OH excluding ortho intramolecular Hbond substituents is 1. The van der Waals surface area contributed by atoms with E-state index in [4.69, 9.17) is 4.74 Å². The molecule has 0 aliphatic carbocycles. The van der Waals surface area contributed by atoms with Gasteiger partial charge in [-0.2, -0.15) is 0 Å². The van der Waals surface area contributed by atoms with Gasteiger partial charge in [-0.3, -0.25) is 14.6 Å². The van der Waals surface area contributed by atoms with E-state index < -0.39 is 29.3 Å². The van der Waals surface area contributed by atoms with Crippen molar-refractivity contribution >= 4 is 17.4 Å². The van der Waals surface area contributed by atoms with Gasteiger partial charge in [-0.25, -0.2) is 4.39 Å². The van der Waals surface area contributed by atoms with Crippen LogP contribution >= 0.6 is 0 Å².